The Morgan fingerprint density at radius 1 is 1.24 bits per heavy atom. The first-order chi connectivity index (χ1) is 15.5. The van der Waals surface area contributed by atoms with E-state index in [1.807, 2.05) is 0 Å². The largest absolute Gasteiger partial charge is 0.405 e. The molecular formula is C20H18Cl2F4N6O2. The molecule has 8 nitrogen and oxygen atoms in total. The van der Waals surface area contributed by atoms with E-state index >= 15 is 0 Å². The summed E-state index contributed by atoms with van der Waals surface area (Å²) in [5.74, 6) is -1.99. The molecule has 0 aliphatic carbocycles. The van der Waals surface area contributed by atoms with Crippen LogP contribution in [0.2, 0.25) is 5.02 Å². The smallest absolute Gasteiger partial charge is 0.384 e. The fourth-order valence-electron chi connectivity index (χ4n) is 3.61. The number of rotatable bonds is 5. The van der Waals surface area contributed by atoms with E-state index in [9.17, 15) is 27.2 Å². The van der Waals surface area contributed by atoms with Gasteiger partial charge in [-0.25, -0.2) is 9.37 Å². The fourth-order valence-corrected chi connectivity index (χ4v) is 3.87. The quantitative estimate of drug-likeness (QED) is 0.502. The lowest BCUT2D eigenvalue weighted by molar-refractivity contribution is -0.138. The molecule has 1 saturated heterocycles. The molecule has 0 spiro atoms. The first kappa shape index (κ1) is 25.5. The van der Waals surface area contributed by atoms with Crippen LogP contribution in [0.25, 0.3) is 10.9 Å². The molecule has 182 valence electrons. The lowest BCUT2D eigenvalue weighted by Crippen LogP contribution is -2.48. The SMILES string of the molecule is Cl.Nc1cc(C(=O)N2CC(c3nn(CC(=O)NCC(F)(F)F)c4ccc(F)c(Cl)c34)C2)ccn1. The standard InChI is InChI=1S/C20H17ClF4N6O2.ClH/c21-17-12(22)1-2-13-16(17)18(29-31(13)8-15(32)28-9-20(23,24)25)11-6-30(7-11)19(33)10-3-4-27-14(26)5-10;/h1-5,11H,6-9H2,(H2,26,27)(H,28,32);1H. The van der Waals surface area contributed by atoms with Crippen LogP contribution < -0.4 is 11.1 Å². The maximum Gasteiger partial charge on any atom is 0.405 e. The van der Waals surface area contributed by atoms with Crippen LogP contribution in [0.1, 0.15) is 22.0 Å². The molecule has 3 aromatic rings. The second-order valence-electron chi connectivity index (χ2n) is 7.57. The Morgan fingerprint density at radius 3 is 2.59 bits per heavy atom. The number of benzene rings is 1. The number of nitrogen functional groups attached to an aromatic ring is 1. The van der Waals surface area contributed by atoms with Crippen molar-refractivity contribution in [1.82, 2.24) is 25.0 Å². The minimum Gasteiger partial charge on any atom is -0.384 e. The molecule has 3 N–H and O–H groups in total. The molecule has 3 heterocycles. The van der Waals surface area contributed by atoms with Crippen LogP contribution in [0.3, 0.4) is 0 Å². The summed E-state index contributed by atoms with van der Waals surface area (Å²) >= 11 is 6.16. The summed E-state index contributed by atoms with van der Waals surface area (Å²) in [5, 5.41) is 6.15. The van der Waals surface area contributed by atoms with Crippen molar-refractivity contribution in [3.05, 3.63) is 52.6 Å². The van der Waals surface area contributed by atoms with E-state index in [1.165, 1.54) is 34.0 Å². The van der Waals surface area contributed by atoms with Crippen LogP contribution >= 0.6 is 24.0 Å². The van der Waals surface area contributed by atoms with Gasteiger partial charge in [-0.05, 0) is 24.3 Å². The van der Waals surface area contributed by atoms with E-state index in [1.54, 1.807) is 5.32 Å². The van der Waals surface area contributed by atoms with Crippen LogP contribution in [-0.4, -0.2) is 57.3 Å². The number of aromatic nitrogens is 3. The van der Waals surface area contributed by atoms with Crippen molar-refractivity contribution in [3.63, 3.8) is 0 Å². The average Bonchev–Trinajstić information content (AvgIpc) is 3.06. The number of anilines is 1. The minimum atomic E-state index is -4.55. The summed E-state index contributed by atoms with van der Waals surface area (Å²) in [6.07, 6.45) is -3.14. The normalized spacial score (nSPS) is 14.0. The Kier molecular flexibility index (Phi) is 7.22. The number of amides is 2. The van der Waals surface area contributed by atoms with Gasteiger partial charge >= 0.3 is 6.18 Å². The number of hydrogen-bond acceptors (Lipinski definition) is 5. The highest BCUT2D eigenvalue weighted by Crippen LogP contribution is 2.37. The highest BCUT2D eigenvalue weighted by atomic mass is 35.5. The van der Waals surface area contributed by atoms with Crippen LogP contribution in [0, 0.1) is 5.82 Å². The molecule has 0 unspecified atom stereocenters. The molecule has 34 heavy (non-hydrogen) atoms. The molecule has 1 aliphatic heterocycles. The molecule has 1 aromatic carbocycles. The number of fused-ring (bicyclic) bond motifs is 1. The number of nitrogens with one attached hydrogen (secondary N) is 1. The Bertz CT molecular complexity index is 1240. The monoisotopic (exact) mass is 520 g/mol. The van der Waals surface area contributed by atoms with Gasteiger partial charge in [0.05, 0.1) is 16.2 Å². The number of halogens is 6. The maximum atomic E-state index is 14.1. The summed E-state index contributed by atoms with van der Waals surface area (Å²) in [4.78, 5) is 30.0. The van der Waals surface area contributed by atoms with Gasteiger partial charge in [-0.2, -0.15) is 18.3 Å². The fraction of sp³-hybridized carbons (Fsp3) is 0.300. The number of pyridine rings is 1. The van der Waals surface area contributed by atoms with Crippen molar-refractivity contribution >= 4 is 52.5 Å². The lowest BCUT2D eigenvalue weighted by Gasteiger charge is -2.38. The third kappa shape index (κ3) is 5.17. The van der Waals surface area contributed by atoms with Gasteiger partial charge in [0.15, 0.2) is 0 Å². The summed E-state index contributed by atoms with van der Waals surface area (Å²) in [5.41, 5.74) is 6.63. The van der Waals surface area contributed by atoms with Gasteiger partial charge in [0, 0.05) is 36.2 Å². The topological polar surface area (TPSA) is 106 Å². The van der Waals surface area contributed by atoms with E-state index in [2.05, 4.69) is 10.1 Å². The zero-order valence-electron chi connectivity index (χ0n) is 17.3. The van der Waals surface area contributed by atoms with E-state index in [4.69, 9.17) is 17.3 Å². The molecule has 2 aromatic heterocycles. The number of alkyl halides is 3. The van der Waals surface area contributed by atoms with E-state index in [-0.39, 0.29) is 53.5 Å². The Labute approximate surface area is 201 Å². The molecule has 2 amide bonds. The predicted molar refractivity (Wildman–Crippen MR) is 118 cm³/mol. The summed E-state index contributed by atoms with van der Waals surface area (Å²) < 4.78 is 52.5. The summed E-state index contributed by atoms with van der Waals surface area (Å²) in [6, 6.07) is 5.42. The van der Waals surface area contributed by atoms with Crippen LogP contribution in [-0.2, 0) is 11.3 Å². The van der Waals surface area contributed by atoms with Crippen molar-refractivity contribution in [3.8, 4) is 0 Å². The maximum absolute atomic E-state index is 14.1. The Morgan fingerprint density at radius 2 is 1.94 bits per heavy atom. The number of hydrogen-bond donors (Lipinski definition) is 2. The molecule has 0 radical (unpaired) electrons. The van der Waals surface area contributed by atoms with Crippen molar-refractivity contribution in [2.75, 3.05) is 25.4 Å². The van der Waals surface area contributed by atoms with Gasteiger partial charge < -0.3 is 16.0 Å². The molecule has 0 saturated carbocycles. The predicted octanol–water partition coefficient (Wildman–Crippen LogP) is 3.15. The van der Waals surface area contributed by atoms with E-state index in [0.717, 1.165) is 6.07 Å². The van der Waals surface area contributed by atoms with Gasteiger partial charge in [0.25, 0.3) is 5.91 Å². The molecular weight excluding hydrogens is 503 g/mol. The minimum absolute atomic E-state index is 0. The van der Waals surface area contributed by atoms with Crippen molar-refractivity contribution in [2.45, 2.75) is 18.6 Å². The van der Waals surface area contributed by atoms with Crippen molar-refractivity contribution < 1.29 is 27.2 Å². The van der Waals surface area contributed by atoms with Crippen molar-refractivity contribution in [1.29, 1.82) is 0 Å². The highest BCUT2D eigenvalue weighted by molar-refractivity contribution is 6.35. The lowest BCUT2D eigenvalue weighted by atomic mass is 9.93. The summed E-state index contributed by atoms with van der Waals surface area (Å²) in [7, 11) is 0. The Balaban J connectivity index is 0.00000324. The number of likely N-dealkylation sites (tertiary alicyclic amines) is 1. The third-order valence-corrected chi connectivity index (χ3v) is 5.57. The number of carbonyl (C=O) groups excluding carboxylic acids is 2. The van der Waals surface area contributed by atoms with Gasteiger partial charge in [-0.1, -0.05) is 11.6 Å². The van der Waals surface area contributed by atoms with Gasteiger partial charge in [-0.3, -0.25) is 14.3 Å². The molecule has 1 fully saturated rings. The first-order valence-corrected chi connectivity index (χ1v) is 10.1. The van der Waals surface area contributed by atoms with E-state index < -0.39 is 31.0 Å². The second kappa shape index (κ2) is 9.63. The van der Waals surface area contributed by atoms with Gasteiger partial charge in [0.2, 0.25) is 5.91 Å². The first-order valence-electron chi connectivity index (χ1n) is 9.72. The molecule has 0 bridgehead atoms. The van der Waals surface area contributed by atoms with Crippen molar-refractivity contribution in [2.24, 2.45) is 0 Å². The molecule has 0 atom stereocenters. The van der Waals surface area contributed by atoms with Crippen LogP contribution in [0.15, 0.2) is 30.5 Å². The third-order valence-electron chi connectivity index (χ3n) is 5.20. The second-order valence-corrected chi connectivity index (χ2v) is 7.94. The highest BCUT2D eigenvalue weighted by Gasteiger charge is 2.36. The zero-order valence-corrected chi connectivity index (χ0v) is 18.8. The zero-order chi connectivity index (χ0) is 23.9. The molecule has 4 rings (SSSR count). The number of carbonyl (C=O) groups is 2. The molecule has 1 aliphatic rings. The van der Waals surface area contributed by atoms with Crippen LogP contribution in [0.5, 0.6) is 0 Å². The molecule has 14 heteroatoms. The number of nitrogens with two attached hydrogens (primary N) is 1. The summed E-state index contributed by atoms with van der Waals surface area (Å²) in [6.45, 7) is -1.49. The van der Waals surface area contributed by atoms with Crippen LogP contribution in [0.4, 0.5) is 23.4 Å². The van der Waals surface area contributed by atoms with E-state index in [0.29, 0.717) is 16.8 Å². The van der Waals surface area contributed by atoms with Gasteiger partial charge in [-0.15, -0.1) is 12.4 Å². The average molecular weight is 521 g/mol. The van der Waals surface area contributed by atoms with Gasteiger partial charge in [0.1, 0.15) is 24.7 Å². The number of nitrogens with zero attached hydrogens (tertiary/aromatic N) is 4. The Hall–Kier alpha value is -3.12.